The summed E-state index contributed by atoms with van der Waals surface area (Å²) < 4.78 is 34.5. The maximum Gasteiger partial charge on any atom is 0.117 e. The number of ether oxygens (including phenoxy) is 5. The van der Waals surface area contributed by atoms with Gasteiger partial charge in [0.25, 0.3) is 0 Å². The van der Waals surface area contributed by atoms with Crippen LogP contribution in [0.1, 0.15) is 50.6 Å². The Balaban J connectivity index is 1.25. The zero-order valence-corrected chi connectivity index (χ0v) is 32.5. The Morgan fingerprint density at radius 3 is 1.53 bits per heavy atom. The number of hydrogen-bond donors (Lipinski definition) is 0. The molecule has 55 heavy (non-hydrogen) atoms. The molecule has 0 amide bonds. The number of thioether (sulfide) groups is 1. The molecular weight excluding hydrogens is 701 g/mol. The average Bonchev–Trinajstić information content (AvgIpc) is 3.24. The van der Waals surface area contributed by atoms with Gasteiger partial charge in [-0.3, -0.25) is 0 Å². The Hall–Kier alpha value is -4.53. The molecule has 0 saturated carbocycles. The van der Waals surface area contributed by atoms with Crippen molar-refractivity contribution in [3.63, 3.8) is 0 Å². The molecule has 5 unspecified atom stereocenters. The van der Waals surface area contributed by atoms with Gasteiger partial charge in [0.1, 0.15) is 30.5 Å². The summed E-state index contributed by atoms with van der Waals surface area (Å²) in [5, 5.41) is 0. The molecule has 1 saturated heterocycles. The van der Waals surface area contributed by atoms with Crippen LogP contribution in [0.2, 0.25) is 0 Å². The fraction of sp³-hybridized carbons (Fsp3) is 0.265. The molecule has 1 aliphatic heterocycles. The Labute approximate surface area is 330 Å². The van der Waals surface area contributed by atoms with Crippen LogP contribution in [0.25, 0.3) is 0 Å². The van der Waals surface area contributed by atoms with Crippen molar-refractivity contribution in [3.05, 3.63) is 208 Å². The molecule has 1 aliphatic rings. The lowest BCUT2D eigenvalue weighted by Gasteiger charge is -2.46. The predicted molar refractivity (Wildman–Crippen MR) is 221 cm³/mol. The van der Waals surface area contributed by atoms with Crippen LogP contribution in [0.15, 0.2) is 169 Å². The molecule has 0 aromatic heterocycles. The van der Waals surface area contributed by atoms with Crippen molar-refractivity contribution in [1.29, 1.82) is 0 Å². The van der Waals surface area contributed by atoms with E-state index in [2.05, 4.69) is 104 Å². The smallest absolute Gasteiger partial charge is 0.117 e. The van der Waals surface area contributed by atoms with Gasteiger partial charge in [0.05, 0.1) is 33.0 Å². The number of hydrogen-bond acceptors (Lipinski definition) is 6. The Morgan fingerprint density at radius 2 is 1.00 bits per heavy atom. The lowest BCUT2D eigenvalue weighted by atomic mass is 9.88. The van der Waals surface area contributed by atoms with E-state index in [9.17, 15) is 0 Å². The van der Waals surface area contributed by atoms with Crippen molar-refractivity contribution in [3.8, 4) is 0 Å². The minimum absolute atomic E-state index is 0.321. The summed E-state index contributed by atoms with van der Waals surface area (Å²) >= 11 is 1.76. The molecule has 0 radical (unpaired) electrons. The molecule has 0 aliphatic carbocycles. The van der Waals surface area contributed by atoms with Crippen LogP contribution in [0.4, 0.5) is 0 Å². The third-order valence-corrected chi connectivity index (χ3v) is 10.9. The lowest BCUT2D eigenvalue weighted by molar-refractivity contribution is -0.275. The first kappa shape index (κ1) is 38.7. The molecule has 0 N–H and O–H groups in total. The predicted octanol–water partition coefficient (Wildman–Crippen LogP) is 10.7. The van der Waals surface area contributed by atoms with E-state index in [1.54, 1.807) is 11.8 Å². The van der Waals surface area contributed by atoms with Gasteiger partial charge in [0.2, 0.25) is 0 Å². The molecule has 1 fully saturated rings. The van der Waals surface area contributed by atoms with Crippen LogP contribution in [0, 0.1) is 6.92 Å². The highest BCUT2D eigenvalue weighted by atomic mass is 32.2. The normalized spacial score (nSPS) is 19.6. The van der Waals surface area contributed by atoms with Crippen LogP contribution in [0.3, 0.4) is 0 Å². The van der Waals surface area contributed by atoms with E-state index in [4.69, 9.17) is 23.7 Å². The van der Waals surface area contributed by atoms with E-state index in [-0.39, 0.29) is 0 Å². The monoisotopic (exact) mass is 750 g/mol. The third kappa shape index (κ3) is 10.8. The van der Waals surface area contributed by atoms with E-state index in [0.29, 0.717) is 33.0 Å². The van der Waals surface area contributed by atoms with Gasteiger partial charge < -0.3 is 23.7 Å². The van der Waals surface area contributed by atoms with Gasteiger partial charge in [0.15, 0.2) is 0 Å². The van der Waals surface area contributed by atoms with Crippen LogP contribution >= 0.6 is 11.8 Å². The van der Waals surface area contributed by atoms with Crippen molar-refractivity contribution in [2.45, 2.75) is 75.2 Å². The van der Waals surface area contributed by atoms with E-state index >= 15 is 0 Å². The summed E-state index contributed by atoms with van der Waals surface area (Å²) in [6.07, 6.45) is 0.556. The van der Waals surface area contributed by atoms with Gasteiger partial charge in [-0.2, -0.15) is 0 Å². The highest BCUT2D eigenvalue weighted by Gasteiger charge is 2.49. The van der Waals surface area contributed by atoms with Crippen molar-refractivity contribution in [2.75, 3.05) is 12.9 Å². The Bertz CT molecular complexity index is 2010. The molecule has 1 heterocycles. The van der Waals surface area contributed by atoms with Crippen LogP contribution in [-0.2, 0) is 56.5 Å². The zero-order chi connectivity index (χ0) is 37.7. The molecule has 6 heteroatoms. The highest BCUT2D eigenvalue weighted by molar-refractivity contribution is 7.98. The zero-order valence-electron chi connectivity index (χ0n) is 31.7. The fourth-order valence-electron chi connectivity index (χ4n) is 7.08. The Morgan fingerprint density at radius 1 is 0.509 bits per heavy atom. The molecule has 0 spiro atoms. The van der Waals surface area contributed by atoms with Crippen LogP contribution in [-0.4, -0.2) is 37.3 Å². The molecule has 5 nitrogen and oxygen atoms in total. The quantitative estimate of drug-likeness (QED) is 0.0865. The van der Waals surface area contributed by atoms with Crippen molar-refractivity contribution >= 4 is 11.8 Å². The molecule has 0 bridgehead atoms. The SMILES string of the molecule is CSc1ccc(Cc2cc(C3OC(COCc4ccccc4)C(OCc4ccccc4)C(OCc4ccccc4)C3OCc3ccccc3)ccc2C)cc1. The third-order valence-electron chi connectivity index (χ3n) is 10.1. The summed E-state index contributed by atoms with van der Waals surface area (Å²) in [5.74, 6) is 0. The van der Waals surface area contributed by atoms with Crippen molar-refractivity contribution in [1.82, 2.24) is 0 Å². The Kier molecular flexibility index (Phi) is 14.0. The van der Waals surface area contributed by atoms with Crippen molar-refractivity contribution < 1.29 is 23.7 Å². The van der Waals surface area contributed by atoms with E-state index in [1.807, 2.05) is 72.8 Å². The maximum absolute atomic E-state index is 7.21. The summed E-state index contributed by atoms with van der Waals surface area (Å²) in [6.45, 7) is 4.16. The number of aryl methyl sites for hydroxylation is 1. The summed E-state index contributed by atoms with van der Waals surface area (Å²) in [6, 6.07) is 56.6. The molecule has 6 aromatic rings. The number of benzene rings is 6. The van der Waals surface area contributed by atoms with Gasteiger partial charge in [-0.05, 0) is 76.2 Å². The number of rotatable bonds is 17. The second-order valence-electron chi connectivity index (χ2n) is 14.1. The van der Waals surface area contributed by atoms with Gasteiger partial charge in [-0.1, -0.05) is 152 Å². The van der Waals surface area contributed by atoms with Gasteiger partial charge >= 0.3 is 0 Å². The first-order chi connectivity index (χ1) is 27.1. The first-order valence-electron chi connectivity index (χ1n) is 19.1. The largest absolute Gasteiger partial charge is 0.374 e. The van der Waals surface area contributed by atoms with Gasteiger partial charge in [-0.15, -0.1) is 11.8 Å². The van der Waals surface area contributed by atoms with Gasteiger partial charge in [0, 0.05) is 4.90 Å². The summed E-state index contributed by atoms with van der Waals surface area (Å²) in [4.78, 5) is 1.26. The second kappa shape index (κ2) is 19.9. The summed E-state index contributed by atoms with van der Waals surface area (Å²) in [5.41, 5.74) is 9.14. The standard InChI is InChI=1S/C49H50O5S/c1-36-23-26-42(30-43(36)29-37-24-27-44(55-2)28-25-37)46-48(52-33-40-19-11-5-12-20-40)49(53-34-41-21-13-6-14-22-41)47(51-32-39-17-9-4-10-18-39)45(54-46)35-50-31-38-15-7-3-8-16-38/h3-28,30,45-49H,29,31-35H2,1-2H3. The first-order valence-corrected chi connectivity index (χ1v) is 20.3. The highest BCUT2D eigenvalue weighted by Crippen LogP contribution is 2.39. The van der Waals surface area contributed by atoms with Crippen molar-refractivity contribution in [2.24, 2.45) is 0 Å². The lowest BCUT2D eigenvalue weighted by Crippen LogP contribution is -2.58. The average molecular weight is 751 g/mol. The molecule has 6 aromatic carbocycles. The minimum atomic E-state index is -0.494. The summed E-state index contributed by atoms with van der Waals surface area (Å²) in [7, 11) is 0. The topological polar surface area (TPSA) is 46.2 Å². The van der Waals surface area contributed by atoms with Crippen LogP contribution in [0.5, 0.6) is 0 Å². The molecule has 5 atom stereocenters. The van der Waals surface area contributed by atoms with Gasteiger partial charge in [-0.25, -0.2) is 0 Å². The van der Waals surface area contributed by atoms with Crippen LogP contribution < -0.4 is 0 Å². The van der Waals surface area contributed by atoms with E-state index in [0.717, 1.165) is 34.2 Å². The second-order valence-corrected chi connectivity index (χ2v) is 15.0. The minimum Gasteiger partial charge on any atom is -0.374 e. The van der Waals surface area contributed by atoms with E-state index < -0.39 is 30.5 Å². The maximum atomic E-state index is 7.21. The molecular formula is C49H50O5S. The fourth-order valence-corrected chi connectivity index (χ4v) is 7.49. The van der Waals surface area contributed by atoms with E-state index in [1.165, 1.54) is 21.6 Å². The molecule has 282 valence electrons. The molecule has 7 rings (SSSR count).